The van der Waals surface area contributed by atoms with Crippen LogP contribution in [0.5, 0.6) is 0 Å². The first kappa shape index (κ1) is 12.9. The summed E-state index contributed by atoms with van der Waals surface area (Å²) in [5.74, 6) is -0.00363. The third-order valence-corrected chi connectivity index (χ3v) is 3.63. The predicted molar refractivity (Wildman–Crippen MR) is 71.4 cm³/mol. The van der Waals surface area contributed by atoms with Crippen molar-refractivity contribution in [3.05, 3.63) is 29.8 Å². The van der Waals surface area contributed by atoms with Crippen molar-refractivity contribution in [1.82, 2.24) is 4.90 Å². The van der Waals surface area contributed by atoms with E-state index in [1.165, 1.54) is 0 Å². The van der Waals surface area contributed by atoms with Crippen LogP contribution in [0.2, 0.25) is 0 Å². The van der Waals surface area contributed by atoms with Crippen molar-refractivity contribution in [1.29, 1.82) is 0 Å². The zero-order chi connectivity index (χ0) is 13.2. The van der Waals surface area contributed by atoms with Crippen molar-refractivity contribution in [2.24, 2.45) is 0 Å². The van der Waals surface area contributed by atoms with Gasteiger partial charge in [-0.05, 0) is 31.9 Å². The number of nitrogens with zero attached hydrogens (tertiary/aromatic N) is 1. The van der Waals surface area contributed by atoms with Crippen LogP contribution in [0.3, 0.4) is 0 Å². The van der Waals surface area contributed by atoms with Crippen molar-refractivity contribution in [3.8, 4) is 0 Å². The van der Waals surface area contributed by atoms with E-state index in [0.717, 1.165) is 19.4 Å². The van der Waals surface area contributed by atoms with E-state index in [0.29, 0.717) is 17.8 Å². The first-order valence-corrected chi connectivity index (χ1v) is 6.25. The van der Waals surface area contributed by atoms with E-state index in [2.05, 4.69) is 0 Å². The Labute approximate surface area is 108 Å². The van der Waals surface area contributed by atoms with Gasteiger partial charge < -0.3 is 15.4 Å². The quantitative estimate of drug-likeness (QED) is 0.813. The van der Waals surface area contributed by atoms with Crippen LogP contribution in [0.25, 0.3) is 0 Å². The molecule has 1 unspecified atom stereocenters. The highest BCUT2D eigenvalue weighted by molar-refractivity contribution is 5.99. The minimum Gasteiger partial charge on any atom is -0.398 e. The van der Waals surface area contributed by atoms with Crippen LogP contribution in [0.1, 0.15) is 30.1 Å². The third kappa shape index (κ3) is 2.48. The van der Waals surface area contributed by atoms with Crippen LogP contribution in [0.4, 0.5) is 5.69 Å². The van der Waals surface area contributed by atoms with Gasteiger partial charge in [-0.25, -0.2) is 0 Å². The van der Waals surface area contributed by atoms with Gasteiger partial charge in [-0.15, -0.1) is 0 Å². The van der Waals surface area contributed by atoms with Crippen molar-refractivity contribution < 1.29 is 9.53 Å². The minimum atomic E-state index is -0.239. The van der Waals surface area contributed by atoms with E-state index in [1.807, 2.05) is 24.0 Å². The Morgan fingerprint density at radius 2 is 2.17 bits per heavy atom. The van der Waals surface area contributed by atoms with Crippen molar-refractivity contribution in [3.63, 3.8) is 0 Å². The highest BCUT2D eigenvalue weighted by atomic mass is 16.5. The number of carbonyl (C=O) groups is 1. The summed E-state index contributed by atoms with van der Waals surface area (Å²) in [6.07, 6.45) is 1.94. The molecule has 1 fully saturated rings. The van der Waals surface area contributed by atoms with E-state index in [9.17, 15) is 4.79 Å². The SMILES string of the molecule is COC1(C)CCCN(C(=O)c2ccccc2N)C1. The van der Waals surface area contributed by atoms with Crippen LogP contribution in [0, 0.1) is 0 Å². The van der Waals surface area contributed by atoms with Crippen LogP contribution in [-0.2, 0) is 4.74 Å². The van der Waals surface area contributed by atoms with Crippen molar-refractivity contribution in [2.45, 2.75) is 25.4 Å². The van der Waals surface area contributed by atoms with Crippen LogP contribution < -0.4 is 5.73 Å². The summed E-state index contributed by atoms with van der Waals surface area (Å²) >= 11 is 0. The van der Waals surface area contributed by atoms with Gasteiger partial charge in [0, 0.05) is 25.9 Å². The Morgan fingerprint density at radius 3 is 2.83 bits per heavy atom. The van der Waals surface area contributed by atoms with Crippen LogP contribution in [0.15, 0.2) is 24.3 Å². The number of amides is 1. The van der Waals surface area contributed by atoms with Gasteiger partial charge in [-0.3, -0.25) is 4.79 Å². The molecule has 2 rings (SSSR count). The van der Waals surface area contributed by atoms with E-state index < -0.39 is 0 Å². The largest absolute Gasteiger partial charge is 0.398 e. The van der Waals surface area contributed by atoms with Gasteiger partial charge >= 0.3 is 0 Å². The lowest BCUT2D eigenvalue weighted by molar-refractivity contribution is -0.0439. The average molecular weight is 248 g/mol. The number of nitrogen functional groups attached to an aromatic ring is 1. The lowest BCUT2D eigenvalue weighted by Crippen LogP contribution is -2.49. The average Bonchev–Trinajstić information content (AvgIpc) is 2.39. The predicted octanol–water partition coefficient (Wildman–Crippen LogP) is 1.91. The Balaban J connectivity index is 2.17. The molecule has 4 heteroatoms. The van der Waals surface area contributed by atoms with Gasteiger partial charge in [0.15, 0.2) is 0 Å². The number of para-hydroxylation sites is 1. The molecule has 1 aliphatic rings. The number of hydrogen-bond acceptors (Lipinski definition) is 3. The van der Waals surface area contributed by atoms with Crippen LogP contribution in [-0.4, -0.2) is 36.6 Å². The number of anilines is 1. The van der Waals surface area contributed by atoms with Crippen molar-refractivity contribution in [2.75, 3.05) is 25.9 Å². The fraction of sp³-hybridized carbons (Fsp3) is 0.500. The molecule has 1 atom stereocenters. The summed E-state index contributed by atoms with van der Waals surface area (Å²) in [6, 6.07) is 7.20. The van der Waals surface area contributed by atoms with Gasteiger partial charge in [-0.1, -0.05) is 12.1 Å². The lowest BCUT2D eigenvalue weighted by atomic mass is 9.94. The highest BCUT2D eigenvalue weighted by Crippen LogP contribution is 2.25. The third-order valence-electron chi connectivity index (χ3n) is 3.63. The maximum absolute atomic E-state index is 12.4. The lowest BCUT2D eigenvalue weighted by Gasteiger charge is -2.39. The van der Waals surface area contributed by atoms with Gasteiger partial charge in [0.2, 0.25) is 0 Å². The molecule has 0 radical (unpaired) electrons. The molecule has 4 nitrogen and oxygen atoms in total. The van der Waals surface area contributed by atoms with E-state index in [-0.39, 0.29) is 11.5 Å². The van der Waals surface area contributed by atoms with Gasteiger partial charge in [-0.2, -0.15) is 0 Å². The number of hydrogen-bond donors (Lipinski definition) is 1. The number of rotatable bonds is 2. The summed E-state index contributed by atoms with van der Waals surface area (Å²) in [6.45, 7) is 3.43. The summed E-state index contributed by atoms with van der Waals surface area (Å²) in [5, 5.41) is 0. The van der Waals surface area contributed by atoms with Gasteiger partial charge in [0.25, 0.3) is 5.91 Å². The number of ether oxygens (including phenoxy) is 1. The number of carbonyl (C=O) groups excluding carboxylic acids is 1. The number of nitrogens with two attached hydrogens (primary N) is 1. The number of likely N-dealkylation sites (tertiary alicyclic amines) is 1. The second-order valence-corrected chi connectivity index (χ2v) is 5.07. The Kier molecular flexibility index (Phi) is 3.57. The van der Waals surface area contributed by atoms with E-state index in [4.69, 9.17) is 10.5 Å². The normalized spacial score (nSPS) is 24.0. The molecule has 1 heterocycles. The second-order valence-electron chi connectivity index (χ2n) is 5.07. The molecule has 98 valence electrons. The molecule has 2 N–H and O–H groups in total. The van der Waals surface area contributed by atoms with Crippen molar-refractivity contribution >= 4 is 11.6 Å². The first-order valence-electron chi connectivity index (χ1n) is 6.25. The molecule has 1 saturated heterocycles. The Bertz CT molecular complexity index is 447. The van der Waals surface area contributed by atoms with E-state index in [1.54, 1.807) is 19.2 Å². The standard InChI is InChI=1S/C14H20N2O2/c1-14(18-2)8-5-9-16(10-14)13(17)11-6-3-4-7-12(11)15/h3-4,6-7H,5,8-10,15H2,1-2H3. The Hall–Kier alpha value is -1.55. The maximum Gasteiger partial charge on any atom is 0.256 e. The van der Waals surface area contributed by atoms with E-state index >= 15 is 0 Å². The molecule has 0 spiro atoms. The molecule has 0 aromatic heterocycles. The van der Waals surface area contributed by atoms with Crippen LogP contribution >= 0.6 is 0 Å². The fourth-order valence-electron chi connectivity index (χ4n) is 2.41. The first-order chi connectivity index (χ1) is 8.56. The van der Waals surface area contributed by atoms with Gasteiger partial charge in [0.05, 0.1) is 11.2 Å². The molecule has 1 aromatic rings. The molecule has 1 aromatic carbocycles. The fourth-order valence-corrected chi connectivity index (χ4v) is 2.41. The number of piperidine rings is 1. The molecular formula is C14H20N2O2. The molecule has 1 amide bonds. The number of benzene rings is 1. The minimum absolute atomic E-state index is 0.00363. The molecule has 1 aliphatic heterocycles. The summed E-state index contributed by atoms with van der Waals surface area (Å²) in [4.78, 5) is 14.2. The molecule has 0 aliphatic carbocycles. The molecular weight excluding hydrogens is 228 g/mol. The summed E-state index contributed by atoms with van der Waals surface area (Å²) in [5.41, 5.74) is 6.73. The molecule has 18 heavy (non-hydrogen) atoms. The summed E-state index contributed by atoms with van der Waals surface area (Å²) < 4.78 is 5.50. The zero-order valence-electron chi connectivity index (χ0n) is 11.0. The topological polar surface area (TPSA) is 55.6 Å². The zero-order valence-corrected chi connectivity index (χ0v) is 11.0. The van der Waals surface area contributed by atoms with Gasteiger partial charge in [0.1, 0.15) is 0 Å². The number of methoxy groups -OCH3 is 1. The Morgan fingerprint density at radius 1 is 1.44 bits per heavy atom. The second kappa shape index (κ2) is 4.98. The maximum atomic E-state index is 12.4. The monoisotopic (exact) mass is 248 g/mol. The molecule has 0 bridgehead atoms. The highest BCUT2D eigenvalue weighted by Gasteiger charge is 2.33. The summed E-state index contributed by atoms with van der Waals surface area (Å²) in [7, 11) is 1.70. The smallest absolute Gasteiger partial charge is 0.256 e. The molecule has 0 saturated carbocycles.